The normalized spacial score (nSPS) is 28.4. The third kappa shape index (κ3) is 2.52. The van der Waals surface area contributed by atoms with Crippen molar-refractivity contribution in [3.63, 3.8) is 0 Å². The van der Waals surface area contributed by atoms with Crippen LogP contribution in [0.5, 0.6) is 0 Å². The van der Waals surface area contributed by atoms with Crippen molar-refractivity contribution in [2.45, 2.75) is 38.5 Å². The molecule has 1 N–H and O–H groups in total. The number of likely N-dealkylation sites (tertiary alicyclic amines) is 2. The predicted molar refractivity (Wildman–Crippen MR) is 82.5 cm³/mol. The van der Waals surface area contributed by atoms with Crippen LogP contribution in [0.3, 0.4) is 0 Å². The summed E-state index contributed by atoms with van der Waals surface area (Å²) in [4.78, 5) is 33.2. The van der Waals surface area contributed by atoms with Gasteiger partial charge in [0.2, 0.25) is 11.7 Å². The van der Waals surface area contributed by atoms with Gasteiger partial charge >= 0.3 is 0 Å². The zero-order valence-corrected chi connectivity index (χ0v) is 13.3. The molecule has 0 aromatic carbocycles. The molecule has 1 atom stereocenters. The van der Waals surface area contributed by atoms with Gasteiger partial charge in [-0.1, -0.05) is 6.42 Å². The van der Waals surface area contributed by atoms with E-state index < -0.39 is 0 Å². The van der Waals surface area contributed by atoms with E-state index in [9.17, 15) is 9.59 Å². The van der Waals surface area contributed by atoms with Crippen molar-refractivity contribution in [3.8, 4) is 0 Å². The van der Waals surface area contributed by atoms with Crippen LogP contribution in [-0.4, -0.2) is 63.0 Å². The summed E-state index contributed by atoms with van der Waals surface area (Å²) < 4.78 is 0. The van der Waals surface area contributed by atoms with Crippen molar-refractivity contribution in [2.24, 2.45) is 11.3 Å². The van der Waals surface area contributed by atoms with Gasteiger partial charge in [0, 0.05) is 26.2 Å². The predicted octanol–water partition coefficient (Wildman–Crippen LogP) is 1.06. The molecule has 3 aliphatic rings. The molecule has 7 nitrogen and oxygen atoms in total. The highest BCUT2D eigenvalue weighted by molar-refractivity contribution is 5.92. The molecule has 0 bridgehead atoms. The minimum atomic E-state index is -0.363. The largest absolute Gasteiger partial charge is 0.342 e. The Morgan fingerprint density at radius 3 is 2.87 bits per heavy atom. The van der Waals surface area contributed by atoms with Gasteiger partial charge in [-0.15, -0.1) is 0 Å². The zero-order chi connectivity index (χ0) is 15.9. The third-order valence-corrected chi connectivity index (χ3v) is 5.79. The highest BCUT2D eigenvalue weighted by Gasteiger charge is 2.50. The Balaban J connectivity index is 1.45. The SMILES string of the molecule is O=C(c1ncn[nH]1)N1CCC2(CCCN(CC3CCC3)C2=O)C1. The van der Waals surface area contributed by atoms with E-state index in [2.05, 4.69) is 20.1 Å². The number of nitrogens with zero attached hydrogens (tertiary/aromatic N) is 4. The van der Waals surface area contributed by atoms with Crippen LogP contribution in [0.25, 0.3) is 0 Å². The topological polar surface area (TPSA) is 82.2 Å². The van der Waals surface area contributed by atoms with E-state index in [1.165, 1.54) is 25.6 Å². The van der Waals surface area contributed by atoms with Gasteiger partial charge in [-0.3, -0.25) is 14.7 Å². The van der Waals surface area contributed by atoms with Gasteiger partial charge in [0.15, 0.2) is 0 Å². The lowest BCUT2D eigenvalue weighted by Crippen LogP contribution is -2.52. The van der Waals surface area contributed by atoms with Crippen molar-refractivity contribution in [2.75, 3.05) is 26.2 Å². The van der Waals surface area contributed by atoms with Gasteiger partial charge in [-0.25, -0.2) is 4.98 Å². The molecule has 124 valence electrons. The first-order valence-corrected chi connectivity index (χ1v) is 8.62. The molecular formula is C16H23N5O2. The number of hydrogen-bond acceptors (Lipinski definition) is 4. The fourth-order valence-corrected chi connectivity index (χ4v) is 4.20. The Kier molecular flexibility index (Phi) is 3.58. The maximum absolute atomic E-state index is 13.0. The average Bonchev–Trinajstić information content (AvgIpc) is 3.17. The van der Waals surface area contributed by atoms with Crippen molar-refractivity contribution in [3.05, 3.63) is 12.2 Å². The second kappa shape index (κ2) is 5.62. The molecule has 3 fully saturated rings. The molecule has 1 aromatic heterocycles. The Morgan fingerprint density at radius 2 is 2.17 bits per heavy atom. The molecule has 2 saturated heterocycles. The van der Waals surface area contributed by atoms with Crippen LogP contribution in [0, 0.1) is 11.3 Å². The summed E-state index contributed by atoms with van der Waals surface area (Å²) in [6, 6.07) is 0. The van der Waals surface area contributed by atoms with E-state index in [-0.39, 0.29) is 23.1 Å². The van der Waals surface area contributed by atoms with Crippen molar-refractivity contribution in [1.29, 1.82) is 0 Å². The van der Waals surface area contributed by atoms with Crippen molar-refractivity contribution in [1.82, 2.24) is 25.0 Å². The molecule has 1 unspecified atom stereocenters. The number of aromatic amines is 1. The quantitative estimate of drug-likeness (QED) is 0.903. The van der Waals surface area contributed by atoms with Crippen LogP contribution in [0.2, 0.25) is 0 Å². The van der Waals surface area contributed by atoms with Gasteiger partial charge < -0.3 is 9.80 Å². The lowest BCUT2D eigenvalue weighted by atomic mass is 9.77. The van der Waals surface area contributed by atoms with Crippen LogP contribution in [0.4, 0.5) is 0 Å². The number of carbonyl (C=O) groups is 2. The highest BCUT2D eigenvalue weighted by atomic mass is 16.2. The average molecular weight is 317 g/mol. The first-order valence-electron chi connectivity index (χ1n) is 8.62. The number of amides is 2. The Hall–Kier alpha value is -1.92. The molecule has 1 saturated carbocycles. The Morgan fingerprint density at radius 1 is 1.30 bits per heavy atom. The number of H-pyrrole nitrogens is 1. The fourth-order valence-electron chi connectivity index (χ4n) is 4.20. The van der Waals surface area contributed by atoms with Crippen molar-refractivity contribution >= 4 is 11.8 Å². The molecule has 2 amide bonds. The highest BCUT2D eigenvalue weighted by Crippen LogP contribution is 2.41. The molecule has 23 heavy (non-hydrogen) atoms. The molecule has 2 aliphatic heterocycles. The molecule has 1 aromatic rings. The monoisotopic (exact) mass is 317 g/mol. The first-order chi connectivity index (χ1) is 11.2. The second-order valence-corrected chi connectivity index (χ2v) is 7.24. The third-order valence-electron chi connectivity index (χ3n) is 5.79. The smallest absolute Gasteiger partial charge is 0.291 e. The van der Waals surface area contributed by atoms with Gasteiger partial charge in [-0.05, 0) is 38.0 Å². The van der Waals surface area contributed by atoms with Crippen LogP contribution in [0.15, 0.2) is 6.33 Å². The standard InChI is InChI=1S/C16H23N5O2/c22-14(13-17-11-18-19-13)21-8-6-16(10-21)5-2-7-20(15(16)23)9-12-3-1-4-12/h11-12H,1-10H2,(H,17,18,19). The summed E-state index contributed by atoms with van der Waals surface area (Å²) in [5.41, 5.74) is -0.363. The summed E-state index contributed by atoms with van der Waals surface area (Å²) in [6.07, 6.45) is 7.87. The van der Waals surface area contributed by atoms with Crippen LogP contribution < -0.4 is 0 Å². The molecule has 7 heteroatoms. The fraction of sp³-hybridized carbons (Fsp3) is 0.750. The molecule has 1 aliphatic carbocycles. The number of rotatable bonds is 3. The zero-order valence-electron chi connectivity index (χ0n) is 13.3. The van der Waals surface area contributed by atoms with E-state index in [1.54, 1.807) is 4.90 Å². The van der Waals surface area contributed by atoms with E-state index in [0.29, 0.717) is 19.0 Å². The molecular weight excluding hydrogens is 294 g/mol. The minimum Gasteiger partial charge on any atom is -0.342 e. The summed E-state index contributed by atoms with van der Waals surface area (Å²) in [5, 5.41) is 6.35. The van der Waals surface area contributed by atoms with Gasteiger partial charge in [0.05, 0.1) is 5.41 Å². The lowest BCUT2D eigenvalue weighted by molar-refractivity contribution is -0.146. The summed E-state index contributed by atoms with van der Waals surface area (Å²) in [6.45, 7) is 2.94. The maximum Gasteiger partial charge on any atom is 0.291 e. The van der Waals surface area contributed by atoms with Crippen molar-refractivity contribution < 1.29 is 9.59 Å². The number of aromatic nitrogens is 3. The number of hydrogen-bond donors (Lipinski definition) is 1. The van der Waals surface area contributed by atoms with Crippen LogP contribution in [-0.2, 0) is 4.79 Å². The van der Waals surface area contributed by atoms with Gasteiger partial charge in [0.25, 0.3) is 5.91 Å². The van der Waals surface area contributed by atoms with Gasteiger partial charge in [0.1, 0.15) is 6.33 Å². The molecule has 3 heterocycles. The molecule has 0 radical (unpaired) electrons. The second-order valence-electron chi connectivity index (χ2n) is 7.24. The van der Waals surface area contributed by atoms with Crippen LogP contribution >= 0.6 is 0 Å². The summed E-state index contributed by atoms with van der Waals surface area (Å²) in [5.74, 6) is 1.07. The number of piperidine rings is 1. The summed E-state index contributed by atoms with van der Waals surface area (Å²) >= 11 is 0. The van der Waals surface area contributed by atoms with E-state index in [1.807, 2.05) is 0 Å². The number of carbonyl (C=O) groups excluding carboxylic acids is 2. The maximum atomic E-state index is 13.0. The van der Waals surface area contributed by atoms with E-state index in [0.717, 1.165) is 32.4 Å². The Bertz CT molecular complexity index is 598. The first kappa shape index (κ1) is 14.7. The lowest BCUT2D eigenvalue weighted by Gasteiger charge is -2.42. The Labute approximate surface area is 135 Å². The van der Waals surface area contributed by atoms with Gasteiger partial charge in [-0.2, -0.15) is 5.10 Å². The van der Waals surface area contributed by atoms with E-state index >= 15 is 0 Å². The van der Waals surface area contributed by atoms with E-state index in [4.69, 9.17) is 0 Å². The molecule has 1 spiro atoms. The summed E-state index contributed by atoms with van der Waals surface area (Å²) in [7, 11) is 0. The minimum absolute atomic E-state index is 0.150. The van der Waals surface area contributed by atoms with Crippen LogP contribution in [0.1, 0.15) is 49.1 Å². The number of nitrogens with one attached hydrogen (secondary N) is 1. The molecule has 4 rings (SSSR count).